The zero-order valence-corrected chi connectivity index (χ0v) is 23.1. The summed E-state index contributed by atoms with van der Waals surface area (Å²) in [6.45, 7) is 4.09. The van der Waals surface area contributed by atoms with Crippen molar-refractivity contribution >= 4 is 23.3 Å². The molecule has 1 saturated carbocycles. The Morgan fingerprint density at radius 3 is 2.35 bits per heavy atom. The van der Waals surface area contributed by atoms with Gasteiger partial charge >= 0.3 is 5.97 Å². The van der Waals surface area contributed by atoms with Crippen molar-refractivity contribution in [3.8, 4) is 5.75 Å². The molecule has 1 fully saturated rings. The lowest BCUT2D eigenvalue weighted by atomic mass is 10.00. The molecule has 2 N–H and O–H groups in total. The smallest absolute Gasteiger partial charge is 0.326 e. The third-order valence-corrected chi connectivity index (χ3v) is 7.03. The molecule has 0 bridgehead atoms. The first-order valence-electron chi connectivity index (χ1n) is 14.1. The predicted molar refractivity (Wildman–Crippen MR) is 156 cm³/mol. The number of para-hydroxylation sites is 1. The highest BCUT2D eigenvalue weighted by molar-refractivity contribution is 6.12. The van der Waals surface area contributed by atoms with Gasteiger partial charge in [0.05, 0.1) is 6.61 Å². The number of rotatable bonds is 16. The van der Waals surface area contributed by atoms with E-state index in [1.807, 2.05) is 42.2 Å². The van der Waals surface area contributed by atoms with E-state index in [1.54, 1.807) is 48.5 Å². The van der Waals surface area contributed by atoms with Crippen LogP contribution >= 0.6 is 0 Å². The number of carboxylic acid groups (broad SMARTS) is 1. The molecule has 0 spiro atoms. The van der Waals surface area contributed by atoms with Crippen molar-refractivity contribution in [2.24, 2.45) is 5.92 Å². The van der Waals surface area contributed by atoms with Crippen LogP contribution in [0.2, 0.25) is 0 Å². The van der Waals surface area contributed by atoms with Crippen molar-refractivity contribution in [3.63, 3.8) is 0 Å². The zero-order valence-electron chi connectivity index (χ0n) is 23.1. The number of carbonyl (C=O) groups excluding carboxylic acids is 2. The van der Waals surface area contributed by atoms with Crippen LogP contribution in [0.1, 0.15) is 60.5 Å². The van der Waals surface area contributed by atoms with Gasteiger partial charge in [0.15, 0.2) is 5.78 Å². The minimum absolute atomic E-state index is 0.167. The number of anilines is 1. The van der Waals surface area contributed by atoms with Crippen molar-refractivity contribution in [1.82, 2.24) is 4.90 Å². The van der Waals surface area contributed by atoms with Crippen LogP contribution in [-0.4, -0.2) is 53.4 Å². The maximum Gasteiger partial charge on any atom is 0.326 e. The van der Waals surface area contributed by atoms with Crippen LogP contribution in [0.5, 0.6) is 5.75 Å². The van der Waals surface area contributed by atoms with Crippen LogP contribution in [0.25, 0.3) is 0 Å². The number of carboxylic acids is 1. The van der Waals surface area contributed by atoms with E-state index in [1.165, 1.54) is 12.8 Å². The van der Waals surface area contributed by atoms with Crippen LogP contribution in [0.15, 0.2) is 78.9 Å². The average Bonchev–Trinajstić information content (AvgIpc) is 3.80. The Morgan fingerprint density at radius 2 is 1.68 bits per heavy atom. The van der Waals surface area contributed by atoms with Gasteiger partial charge in [0.1, 0.15) is 11.8 Å². The van der Waals surface area contributed by atoms with Crippen LogP contribution in [0.4, 0.5) is 5.69 Å². The Balaban J connectivity index is 1.31. The lowest BCUT2D eigenvalue weighted by Gasteiger charge is -2.22. The molecule has 0 aromatic heterocycles. The molecule has 1 aliphatic rings. The first-order valence-corrected chi connectivity index (χ1v) is 14.1. The van der Waals surface area contributed by atoms with Gasteiger partial charge in [-0.25, -0.2) is 4.79 Å². The molecule has 3 aromatic rings. The van der Waals surface area contributed by atoms with Gasteiger partial charge in [-0.1, -0.05) is 61.5 Å². The third-order valence-electron chi connectivity index (χ3n) is 7.03. The Labute approximate surface area is 236 Å². The van der Waals surface area contributed by atoms with Crippen molar-refractivity contribution in [1.29, 1.82) is 0 Å². The van der Waals surface area contributed by atoms with Crippen LogP contribution in [0.3, 0.4) is 0 Å². The van der Waals surface area contributed by atoms with Gasteiger partial charge in [-0.3, -0.25) is 9.59 Å². The van der Waals surface area contributed by atoms with Gasteiger partial charge < -0.3 is 20.1 Å². The first-order chi connectivity index (χ1) is 19.4. The number of aliphatic carboxylic acids is 1. The quantitative estimate of drug-likeness (QED) is 0.175. The molecule has 0 radical (unpaired) electrons. The fraction of sp³-hybridized carbons (Fsp3) is 0.364. The summed E-state index contributed by atoms with van der Waals surface area (Å²) in [6, 6.07) is 22.4. The highest BCUT2D eigenvalue weighted by Gasteiger charge is 2.26. The lowest BCUT2D eigenvalue weighted by Crippen LogP contribution is -2.34. The largest absolute Gasteiger partial charge is 0.494 e. The van der Waals surface area contributed by atoms with Gasteiger partial charge in [0, 0.05) is 42.7 Å². The second-order valence-corrected chi connectivity index (χ2v) is 10.4. The third kappa shape index (κ3) is 8.43. The summed E-state index contributed by atoms with van der Waals surface area (Å²) in [5, 5.41) is 13.0. The number of hydrogen-bond donors (Lipinski definition) is 2. The van der Waals surface area contributed by atoms with E-state index in [0.29, 0.717) is 48.1 Å². The molecule has 1 aliphatic carbocycles. The summed E-state index contributed by atoms with van der Waals surface area (Å²) in [5.41, 5.74) is 2.29. The summed E-state index contributed by atoms with van der Waals surface area (Å²) in [4.78, 5) is 39.5. The Hall–Kier alpha value is -4.13. The van der Waals surface area contributed by atoms with Gasteiger partial charge in [-0.15, -0.1) is 0 Å². The number of amides is 1. The summed E-state index contributed by atoms with van der Waals surface area (Å²) in [6.07, 6.45) is 4.88. The molecule has 7 nitrogen and oxygen atoms in total. The van der Waals surface area contributed by atoms with E-state index in [2.05, 4.69) is 5.32 Å². The van der Waals surface area contributed by atoms with Gasteiger partial charge in [-0.05, 0) is 61.4 Å². The van der Waals surface area contributed by atoms with Crippen LogP contribution in [0, 0.1) is 5.92 Å². The van der Waals surface area contributed by atoms with E-state index in [9.17, 15) is 19.5 Å². The molecular formula is C33H38N2O5. The van der Waals surface area contributed by atoms with Gasteiger partial charge in [-0.2, -0.15) is 0 Å². The number of benzene rings is 3. The minimum Gasteiger partial charge on any atom is -0.494 e. The van der Waals surface area contributed by atoms with Crippen molar-refractivity contribution < 1.29 is 24.2 Å². The molecule has 1 atom stereocenters. The number of ketones is 1. The Kier molecular flexibility index (Phi) is 10.3. The van der Waals surface area contributed by atoms with E-state index in [4.69, 9.17) is 4.74 Å². The first kappa shape index (κ1) is 28.9. The van der Waals surface area contributed by atoms with E-state index in [0.717, 1.165) is 24.9 Å². The van der Waals surface area contributed by atoms with Crippen molar-refractivity contribution in [2.75, 3.05) is 25.0 Å². The molecular weight excluding hydrogens is 504 g/mol. The highest BCUT2D eigenvalue weighted by Crippen LogP contribution is 2.30. The fourth-order valence-electron chi connectivity index (χ4n) is 4.64. The molecule has 4 rings (SSSR count). The zero-order chi connectivity index (χ0) is 28.3. The van der Waals surface area contributed by atoms with Gasteiger partial charge in [0.25, 0.3) is 0 Å². The number of ether oxygens (including phenoxy) is 1. The molecule has 1 amide bonds. The maximum atomic E-state index is 13.1. The second-order valence-electron chi connectivity index (χ2n) is 10.4. The van der Waals surface area contributed by atoms with E-state index >= 15 is 0 Å². The van der Waals surface area contributed by atoms with Crippen LogP contribution < -0.4 is 10.1 Å². The topological polar surface area (TPSA) is 95.9 Å². The summed E-state index contributed by atoms with van der Waals surface area (Å²) < 4.78 is 5.90. The Bertz CT molecular complexity index is 1270. The molecule has 0 saturated heterocycles. The van der Waals surface area contributed by atoms with Crippen molar-refractivity contribution in [2.45, 2.75) is 51.5 Å². The molecule has 3 aromatic carbocycles. The predicted octanol–water partition coefficient (Wildman–Crippen LogP) is 5.83. The van der Waals surface area contributed by atoms with Gasteiger partial charge in [0.2, 0.25) is 5.91 Å². The highest BCUT2D eigenvalue weighted by atomic mass is 16.5. The number of nitrogens with one attached hydrogen (secondary N) is 1. The number of hydrogen-bond acceptors (Lipinski definition) is 5. The molecule has 0 unspecified atom stereocenters. The molecule has 0 aliphatic heterocycles. The van der Waals surface area contributed by atoms with Crippen molar-refractivity contribution in [3.05, 3.63) is 95.6 Å². The lowest BCUT2D eigenvalue weighted by molar-refractivity contribution is -0.138. The fourth-order valence-corrected chi connectivity index (χ4v) is 4.64. The SMILES string of the molecule is CCCC(=O)N(CCCOc1ccc(C[C@H](Nc2ccccc2C(=O)c2ccccc2)C(=O)O)cc1)CC1CC1. The summed E-state index contributed by atoms with van der Waals surface area (Å²) >= 11 is 0. The Morgan fingerprint density at radius 1 is 0.975 bits per heavy atom. The number of carbonyl (C=O) groups is 3. The number of nitrogens with zero attached hydrogens (tertiary/aromatic N) is 1. The van der Waals surface area contributed by atoms with E-state index < -0.39 is 12.0 Å². The standard InChI is InChI=1S/C33H38N2O5/c1-2-9-31(36)35(23-25-14-15-25)20-8-21-40-27-18-16-24(17-19-27)22-30(33(38)39)34-29-13-7-6-12-28(29)32(37)26-10-4-3-5-11-26/h3-7,10-13,16-19,25,30,34H,2,8-9,14-15,20-23H2,1H3,(H,38,39)/t30-/m0/s1. The summed E-state index contributed by atoms with van der Waals surface area (Å²) in [7, 11) is 0. The molecule has 210 valence electrons. The maximum absolute atomic E-state index is 13.1. The average molecular weight is 543 g/mol. The monoisotopic (exact) mass is 542 g/mol. The second kappa shape index (κ2) is 14.3. The minimum atomic E-state index is -1.00. The van der Waals surface area contributed by atoms with Crippen LogP contribution in [-0.2, 0) is 16.0 Å². The summed E-state index contributed by atoms with van der Waals surface area (Å²) in [5.74, 6) is 0.426. The molecule has 7 heteroatoms. The molecule has 40 heavy (non-hydrogen) atoms. The molecule has 0 heterocycles. The normalized spacial score (nSPS) is 13.3. The van der Waals surface area contributed by atoms with E-state index in [-0.39, 0.29) is 18.1 Å².